The van der Waals surface area contributed by atoms with Crippen LogP contribution in [0.3, 0.4) is 0 Å². The lowest BCUT2D eigenvalue weighted by Gasteiger charge is -2.19. The third-order valence-corrected chi connectivity index (χ3v) is 3.48. The summed E-state index contributed by atoms with van der Waals surface area (Å²) in [6.07, 6.45) is -0.148. The Balaban J connectivity index is 2.15. The highest BCUT2D eigenvalue weighted by atomic mass is 19.1. The summed E-state index contributed by atoms with van der Waals surface area (Å²) in [6, 6.07) is 8.62. The van der Waals surface area contributed by atoms with Crippen LogP contribution in [0.4, 0.5) is 19.3 Å². The number of carbonyl (C=O) groups is 2. The van der Waals surface area contributed by atoms with Gasteiger partial charge >= 0.3 is 6.03 Å². The molecule has 1 unspecified atom stereocenters. The Morgan fingerprint density at radius 1 is 1.17 bits per heavy atom. The molecule has 0 heterocycles. The quantitative estimate of drug-likeness (QED) is 0.786. The number of benzene rings is 2. The molecule has 4 N–H and O–H groups in total. The van der Waals surface area contributed by atoms with Crippen molar-refractivity contribution in [2.75, 3.05) is 5.32 Å². The van der Waals surface area contributed by atoms with Crippen molar-refractivity contribution in [2.45, 2.75) is 19.4 Å². The molecule has 2 aromatic rings. The van der Waals surface area contributed by atoms with Gasteiger partial charge in [0.25, 0.3) is 0 Å². The van der Waals surface area contributed by atoms with Crippen molar-refractivity contribution >= 4 is 17.6 Å². The summed E-state index contributed by atoms with van der Waals surface area (Å²) in [7, 11) is 0. The van der Waals surface area contributed by atoms with Gasteiger partial charge in [-0.25, -0.2) is 13.6 Å². The number of amides is 3. The van der Waals surface area contributed by atoms with E-state index in [1.54, 1.807) is 12.1 Å². The topological polar surface area (TPSA) is 84.2 Å². The van der Waals surface area contributed by atoms with E-state index in [2.05, 4.69) is 10.6 Å². The molecule has 3 amide bonds. The number of carbonyl (C=O) groups excluding carboxylic acids is 2. The van der Waals surface area contributed by atoms with Crippen molar-refractivity contribution < 1.29 is 18.4 Å². The summed E-state index contributed by atoms with van der Waals surface area (Å²) >= 11 is 0. The van der Waals surface area contributed by atoms with Gasteiger partial charge < -0.3 is 16.4 Å². The number of halogens is 2. The van der Waals surface area contributed by atoms with Crippen molar-refractivity contribution in [3.8, 4) is 0 Å². The molecule has 2 rings (SSSR count). The first-order chi connectivity index (χ1) is 11.4. The van der Waals surface area contributed by atoms with Crippen LogP contribution >= 0.6 is 0 Å². The number of rotatable bonds is 5. The number of nitrogens with one attached hydrogen (secondary N) is 2. The predicted molar refractivity (Wildman–Crippen MR) is 86.2 cm³/mol. The highest BCUT2D eigenvalue weighted by Gasteiger charge is 2.19. The van der Waals surface area contributed by atoms with Crippen LogP contribution in [-0.2, 0) is 4.79 Å². The summed E-state index contributed by atoms with van der Waals surface area (Å²) in [4.78, 5) is 23.4. The number of hydrogen-bond donors (Lipinski definition) is 3. The van der Waals surface area contributed by atoms with Crippen LogP contribution in [-0.4, -0.2) is 11.9 Å². The molecule has 24 heavy (non-hydrogen) atoms. The van der Waals surface area contributed by atoms with E-state index in [9.17, 15) is 18.4 Å². The number of hydrogen-bond acceptors (Lipinski definition) is 2. The van der Waals surface area contributed by atoms with E-state index in [1.165, 1.54) is 0 Å². The monoisotopic (exact) mass is 333 g/mol. The molecule has 0 radical (unpaired) electrons. The van der Waals surface area contributed by atoms with Gasteiger partial charge in [-0.2, -0.15) is 0 Å². The molecule has 0 aliphatic carbocycles. The van der Waals surface area contributed by atoms with Crippen LogP contribution in [0.2, 0.25) is 0 Å². The lowest BCUT2D eigenvalue weighted by molar-refractivity contribution is -0.116. The van der Waals surface area contributed by atoms with E-state index < -0.39 is 29.6 Å². The van der Waals surface area contributed by atoms with E-state index in [0.29, 0.717) is 6.07 Å². The Kier molecular flexibility index (Phi) is 5.47. The third-order valence-electron chi connectivity index (χ3n) is 3.48. The Hall–Kier alpha value is -2.96. The molecule has 0 saturated heterocycles. The largest absolute Gasteiger partial charge is 0.352 e. The van der Waals surface area contributed by atoms with Gasteiger partial charge in [0.05, 0.1) is 18.2 Å². The Morgan fingerprint density at radius 2 is 1.88 bits per heavy atom. The van der Waals surface area contributed by atoms with Crippen LogP contribution in [0.15, 0.2) is 42.5 Å². The van der Waals surface area contributed by atoms with Crippen molar-refractivity contribution in [1.82, 2.24) is 5.32 Å². The first-order valence-electron chi connectivity index (χ1n) is 7.23. The van der Waals surface area contributed by atoms with Crippen molar-refractivity contribution in [3.63, 3.8) is 0 Å². The molecule has 0 saturated carbocycles. The maximum Gasteiger partial charge on any atom is 0.312 e. The highest BCUT2D eigenvalue weighted by molar-refractivity contribution is 5.91. The fourth-order valence-corrected chi connectivity index (χ4v) is 2.37. The molecule has 7 heteroatoms. The fourth-order valence-electron chi connectivity index (χ4n) is 2.37. The van der Waals surface area contributed by atoms with Crippen LogP contribution in [0.5, 0.6) is 0 Å². The van der Waals surface area contributed by atoms with Crippen LogP contribution < -0.4 is 16.4 Å². The van der Waals surface area contributed by atoms with E-state index in [0.717, 1.165) is 23.3 Å². The van der Waals surface area contributed by atoms with E-state index in [-0.39, 0.29) is 12.1 Å². The fraction of sp³-hybridized carbons (Fsp3) is 0.176. The van der Waals surface area contributed by atoms with Crippen LogP contribution in [0.1, 0.15) is 23.6 Å². The van der Waals surface area contributed by atoms with Crippen LogP contribution in [0, 0.1) is 18.6 Å². The van der Waals surface area contributed by atoms with E-state index in [1.807, 2.05) is 19.1 Å². The lowest BCUT2D eigenvalue weighted by atomic mass is 9.98. The smallest absolute Gasteiger partial charge is 0.312 e. The first-order valence-corrected chi connectivity index (χ1v) is 7.23. The number of anilines is 1. The minimum absolute atomic E-state index is 0.135. The Labute approximate surface area is 137 Å². The normalized spacial score (nSPS) is 11.6. The summed E-state index contributed by atoms with van der Waals surface area (Å²) in [5.41, 5.74) is 6.63. The molecular formula is C17H17F2N3O2. The molecule has 1 atom stereocenters. The minimum atomic E-state index is -0.876. The van der Waals surface area contributed by atoms with Gasteiger partial charge in [0.1, 0.15) is 11.6 Å². The second-order valence-electron chi connectivity index (χ2n) is 5.29. The van der Waals surface area contributed by atoms with Gasteiger partial charge in [-0.05, 0) is 30.2 Å². The van der Waals surface area contributed by atoms with E-state index in [4.69, 9.17) is 5.73 Å². The molecule has 5 nitrogen and oxygen atoms in total. The molecule has 0 aromatic heterocycles. The molecule has 126 valence electrons. The third kappa shape index (κ3) is 4.52. The molecular weight excluding hydrogens is 316 g/mol. The lowest BCUT2D eigenvalue weighted by Crippen LogP contribution is -2.35. The number of nitrogens with two attached hydrogens (primary N) is 1. The molecule has 0 fully saturated rings. The van der Waals surface area contributed by atoms with Gasteiger partial charge in [0, 0.05) is 6.07 Å². The number of aryl methyl sites for hydroxylation is 1. The van der Waals surface area contributed by atoms with Gasteiger partial charge in [0.2, 0.25) is 5.91 Å². The summed E-state index contributed by atoms with van der Waals surface area (Å²) in [5.74, 6) is -2.15. The van der Waals surface area contributed by atoms with Gasteiger partial charge in [-0.1, -0.05) is 24.3 Å². The van der Waals surface area contributed by atoms with Gasteiger partial charge in [-0.15, -0.1) is 0 Å². The second-order valence-corrected chi connectivity index (χ2v) is 5.29. The zero-order valence-corrected chi connectivity index (χ0v) is 13.0. The zero-order chi connectivity index (χ0) is 17.7. The first kappa shape index (κ1) is 17.4. The second kappa shape index (κ2) is 7.54. The summed E-state index contributed by atoms with van der Waals surface area (Å²) in [6.45, 7) is 1.84. The maximum atomic E-state index is 13.6. The SMILES string of the molecule is Cc1ccccc1C(CC(=O)Nc1ccc(F)cc1F)NC(N)=O. The van der Waals surface area contributed by atoms with Crippen molar-refractivity contribution in [3.05, 3.63) is 65.2 Å². The molecule has 0 spiro atoms. The number of primary amides is 1. The van der Waals surface area contributed by atoms with Gasteiger partial charge in [0.15, 0.2) is 0 Å². The Morgan fingerprint density at radius 3 is 2.50 bits per heavy atom. The predicted octanol–water partition coefficient (Wildman–Crippen LogP) is 3.01. The maximum absolute atomic E-state index is 13.6. The van der Waals surface area contributed by atoms with Crippen LogP contribution in [0.25, 0.3) is 0 Å². The summed E-state index contributed by atoms with van der Waals surface area (Å²) in [5, 5.41) is 4.86. The zero-order valence-electron chi connectivity index (χ0n) is 13.0. The highest BCUT2D eigenvalue weighted by Crippen LogP contribution is 2.22. The molecule has 0 aliphatic heterocycles. The van der Waals surface area contributed by atoms with E-state index >= 15 is 0 Å². The molecule has 0 aliphatic rings. The number of urea groups is 1. The average Bonchev–Trinajstić information content (AvgIpc) is 2.49. The molecule has 0 bridgehead atoms. The van der Waals surface area contributed by atoms with Crippen molar-refractivity contribution in [1.29, 1.82) is 0 Å². The Bertz CT molecular complexity index is 765. The minimum Gasteiger partial charge on any atom is -0.352 e. The van der Waals surface area contributed by atoms with Gasteiger partial charge in [-0.3, -0.25) is 4.79 Å². The van der Waals surface area contributed by atoms with Crippen molar-refractivity contribution in [2.24, 2.45) is 5.73 Å². The summed E-state index contributed by atoms with van der Waals surface area (Å²) < 4.78 is 26.5. The average molecular weight is 333 g/mol. The molecule has 2 aromatic carbocycles. The standard InChI is InChI=1S/C17H17F2N3O2/c1-10-4-2-3-5-12(10)15(22-17(20)24)9-16(23)21-14-7-6-11(18)8-13(14)19/h2-8,15H,9H2,1H3,(H,21,23)(H3,20,22,24).